The summed E-state index contributed by atoms with van der Waals surface area (Å²) in [5.74, 6) is 0. The first-order chi connectivity index (χ1) is 9.51. The van der Waals surface area contributed by atoms with Gasteiger partial charge in [-0.25, -0.2) is 13.1 Å². The molecule has 0 saturated carbocycles. The fraction of sp³-hybridized carbons (Fsp3) is 0.692. The van der Waals surface area contributed by atoms with Gasteiger partial charge in [0.2, 0.25) is 10.0 Å². The van der Waals surface area contributed by atoms with E-state index < -0.39 is 10.0 Å². The molecule has 1 aliphatic heterocycles. The molecule has 0 aliphatic carbocycles. The van der Waals surface area contributed by atoms with Gasteiger partial charge >= 0.3 is 0 Å². The highest BCUT2D eigenvalue weighted by molar-refractivity contribution is 7.91. The van der Waals surface area contributed by atoms with Crippen LogP contribution in [0.4, 0.5) is 0 Å². The molecule has 7 heteroatoms. The zero-order valence-corrected chi connectivity index (χ0v) is 13.3. The van der Waals surface area contributed by atoms with Crippen LogP contribution in [0.2, 0.25) is 0 Å². The maximum absolute atomic E-state index is 12.3. The van der Waals surface area contributed by atoms with Crippen LogP contribution in [0.3, 0.4) is 0 Å². The van der Waals surface area contributed by atoms with Crippen LogP contribution in [0.25, 0.3) is 0 Å². The van der Waals surface area contributed by atoms with Gasteiger partial charge in [-0.15, -0.1) is 11.3 Å². The van der Waals surface area contributed by atoms with Crippen LogP contribution < -0.4 is 4.72 Å². The van der Waals surface area contributed by atoms with Crippen LogP contribution >= 0.6 is 11.3 Å². The molecule has 0 radical (unpaired) electrons. The van der Waals surface area contributed by atoms with Gasteiger partial charge in [0.05, 0.1) is 0 Å². The lowest BCUT2D eigenvalue weighted by atomic mass is 10.3. The number of nitrogens with one attached hydrogen (secondary N) is 1. The standard InChI is InChI=1S/C13H22N2O3S2/c1-11(10-15-7-2-3-8-15)14-20(17,18)13-5-4-12(19-13)6-9-16/h4-5,11,14,16H,2-3,6-10H2,1H3. The Morgan fingerprint density at radius 2 is 2.10 bits per heavy atom. The van der Waals surface area contributed by atoms with E-state index in [4.69, 9.17) is 5.11 Å². The summed E-state index contributed by atoms with van der Waals surface area (Å²) in [5.41, 5.74) is 0. The van der Waals surface area contributed by atoms with E-state index in [-0.39, 0.29) is 12.6 Å². The number of likely N-dealkylation sites (tertiary alicyclic amines) is 1. The molecule has 5 nitrogen and oxygen atoms in total. The quantitative estimate of drug-likeness (QED) is 0.788. The number of aliphatic hydroxyl groups is 1. The van der Waals surface area contributed by atoms with Gasteiger partial charge < -0.3 is 10.0 Å². The molecule has 1 atom stereocenters. The molecule has 0 amide bonds. The molecule has 2 heterocycles. The summed E-state index contributed by atoms with van der Waals surface area (Å²) < 4.78 is 27.6. The molecular formula is C13H22N2O3S2. The van der Waals surface area contributed by atoms with Crippen LogP contribution in [0, 0.1) is 0 Å². The van der Waals surface area contributed by atoms with Crippen LogP contribution in [0.5, 0.6) is 0 Å². The Bertz CT molecular complexity index is 521. The predicted molar refractivity (Wildman–Crippen MR) is 80.6 cm³/mol. The summed E-state index contributed by atoms with van der Waals surface area (Å²) in [5, 5.41) is 8.87. The highest BCUT2D eigenvalue weighted by Gasteiger charge is 2.22. The van der Waals surface area contributed by atoms with Crippen molar-refractivity contribution in [3.05, 3.63) is 17.0 Å². The van der Waals surface area contributed by atoms with E-state index in [0.29, 0.717) is 10.6 Å². The van der Waals surface area contributed by atoms with Gasteiger partial charge in [-0.2, -0.15) is 0 Å². The molecule has 0 spiro atoms. The lowest BCUT2D eigenvalue weighted by molar-refractivity contribution is 0.300. The summed E-state index contributed by atoms with van der Waals surface area (Å²) in [7, 11) is -3.44. The Morgan fingerprint density at radius 1 is 1.40 bits per heavy atom. The third-order valence-electron chi connectivity index (χ3n) is 3.35. The smallest absolute Gasteiger partial charge is 0.250 e. The third-order valence-corrected chi connectivity index (χ3v) is 6.57. The van der Waals surface area contributed by atoms with Crippen molar-refractivity contribution in [2.75, 3.05) is 26.2 Å². The highest BCUT2D eigenvalue weighted by Crippen LogP contribution is 2.22. The monoisotopic (exact) mass is 318 g/mol. The molecule has 0 bridgehead atoms. The Labute approximate surface area is 124 Å². The van der Waals surface area contributed by atoms with E-state index >= 15 is 0 Å². The molecule has 0 aromatic carbocycles. The summed E-state index contributed by atoms with van der Waals surface area (Å²) in [6.45, 7) is 4.82. The normalized spacial score (nSPS) is 18.5. The molecule has 1 aromatic heterocycles. The van der Waals surface area contributed by atoms with Gasteiger partial charge in [0.25, 0.3) is 0 Å². The first kappa shape index (κ1) is 15.9. The van der Waals surface area contributed by atoms with Crippen LogP contribution in [0.1, 0.15) is 24.6 Å². The van der Waals surface area contributed by atoms with Crippen molar-refractivity contribution in [2.45, 2.75) is 36.4 Å². The lowest BCUT2D eigenvalue weighted by Crippen LogP contribution is -2.40. The SMILES string of the molecule is CC(CN1CCCC1)NS(=O)(=O)c1ccc(CCO)s1. The second-order valence-electron chi connectivity index (χ2n) is 5.22. The van der Waals surface area contributed by atoms with Crippen LogP contribution in [-0.4, -0.2) is 50.7 Å². The zero-order chi connectivity index (χ0) is 14.6. The molecular weight excluding hydrogens is 296 g/mol. The fourth-order valence-electron chi connectivity index (χ4n) is 2.46. The summed E-state index contributed by atoms with van der Waals surface area (Å²) in [4.78, 5) is 3.18. The van der Waals surface area contributed by atoms with Crippen LogP contribution in [-0.2, 0) is 16.4 Å². The van der Waals surface area contributed by atoms with Gasteiger partial charge in [-0.3, -0.25) is 0 Å². The maximum atomic E-state index is 12.3. The van der Waals surface area contributed by atoms with Crippen molar-refractivity contribution in [2.24, 2.45) is 0 Å². The van der Waals surface area contributed by atoms with E-state index in [9.17, 15) is 8.42 Å². The number of nitrogens with zero attached hydrogens (tertiary/aromatic N) is 1. The molecule has 114 valence electrons. The van der Waals surface area contributed by atoms with Crippen molar-refractivity contribution in [1.82, 2.24) is 9.62 Å². The third kappa shape index (κ3) is 4.26. The van der Waals surface area contributed by atoms with E-state index in [0.717, 1.165) is 24.5 Å². The minimum Gasteiger partial charge on any atom is -0.396 e. The first-order valence-corrected chi connectivity index (χ1v) is 9.25. The number of rotatable bonds is 7. The Hall–Kier alpha value is -0.470. The molecule has 2 N–H and O–H groups in total. The number of aliphatic hydroxyl groups excluding tert-OH is 1. The molecule has 2 rings (SSSR count). The molecule has 1 aliphatic rings. The Balaban J connectivity index is 1.94. The molecule has 1 unspecified atom stereocenters. The molecule has 20 heavy (non-hydrogen) atoms. The lowest BCUT2D eigenvalue weighted by Gasteiger charge is -2.20. The Morgan fingerprint density at radius 3 is 2.75 bits per heavy atom. The number of thiophene rings is 1. The van der Waals surface area contributed by atoms with Gasteiger partial charge in [0.1, 0.15) is 4.21 Å². The van der Waals surface area contributed by atoms with Gasteiger partial charge in [-0.05, 0) is 45.0 Å². The summed E-state index contributed by atoms with van der Waals surface area (Å²) >= 11 is 1.23. The van der Waals surface area contributed by atoms with Crippen molar-refractivity contribution in [3.63, 3.8) is 0 Å². The van der Waals surface area contributed by atoms with Crippen molar-refractivity contribution in [3.8, 4) is 0 Å². The second kappa shape index (κ2) is 7.00. The van der Waals surface area contributed by atoms with Gasteiger partial charge in [0.15, 0.2) is 0 Å². The maximum Gasteiger partial charge on any atom is 0.250 e. The zero-order valence-electron chi connectivity index (χ0n) is 11.7. The number of hydrogen-bond acceptors (Lipinski definition) is 5. The fourth-order valence-corrected chi connectivity index (χ4v) is 5.06. The topological polar surface area (TPSA) is 69.6 Å². The van der Waals surface area contributed by atoms with Crippen LogP contribution in [0.15, 0.2) is 16.3 Å². The largest absolute Gasteiger partial charge is 0.396 e. The predicted octanol–water partition coefficient (Wildman–Crippen LogP) is 1.05. The second-order valence-corrected chi connectivity index (χ2v) is 8.33. The van der Waals surface area contributed by atoms with E-state index in [1.807, 2.05) is 6.92 Å². The van der Waals surface area contributed by atoms with E-state index in [2.05, 4.69) is 9.62 Å². The van der Waals surface area contributed by atoms with Gasteiger partial charge in [0, 0.05) is 30.5 Å². The summed E-state index contributed by atoms with van der Waals surface area (Å²) in [6, 6.07) is 3.28. The highest BCUT2D eigenvalue weighted by atomic mass is 32.2. The molecule has 1 aromatic rings. The van der Waals surface area contributed by atoms with Crippen molar-refractivity contribution < 1.29 is 13.5 Å². The number of sulfonamides is 1. The van der Waals surface area contributed by atoms with Crippen molar-refractivity contribution >= 4 is 21.4 Å². The average molecular weight is 318 g/mol. The van der Waals surface area contributed by atoms with E-state index in [1.165, 1.54) is 24.2 Å². The minimum atomic E-state index is -3.44. The Kier molecular flexibility index (Phi) is 5.57. The summed E-state index contributed by atoms with van der Waals surface area (Å²) in [6.07, 6.45) is 2.91. The van der Waals surface area contributed by atoms with Gasteiger partial charge in [-0.1, -0.05) is 0 Å². The van der Waals surface area contributed by atoms with Crippen molar-refractivity contribution in [1.29, 1.82) is 0 Å². The average Bonchev–Trinajstić information content (AvgIpc) is 3.00. The molecule has 1 fully saturated rings. The van der Waals surface area contributed by atoms with E-state index in [1.54, 1.807) is 12.1 Å². The molecule has 1 saturated heterocycles. The first-order valence-electron chi connectivity index (χ1n) is 6.95. The minimum absolute atomic E-state index is 0.0405. The number of hydrogen-bond donors (Lipinski definition) is 2.